The van der Waals surface area contributed by atoms with E-state index in [0.29, 0.717) is 12.1 Å². The van der Waals surface area contributed by atoms with Gasteiger partial charge in [0.15, 0.2) is 4.87 Å². The molecular formula is C20H21N3O5S2. The van der Waals surface area contributed by atoms with Crippen molar-refractivity contribution in [3.05, 3.63) is 42.5 Å². The quantitative estimate of drug-likeness (QED) is 0.757. The Balaban J connectivity index is 1.69. The molecule has 1 fully saturated rings. The number of ether oxygens (including phenoxy) is 1. The summed E-state index contributed by atoms with van der Waals surface area (Å²) in [6.07, 6.45) is 0.646. The Morgan fingerprint density at radius 2 is 1.97 bits per heavy atom. The number of nitrogens with zero attached hydrogens (tertiary/aromatic N) is 2. The van der Waals surface area contributed by atoms with E-state index in [1.165, 1.54) is 45.1 Å². The molecule has 1 saturated heterocycles. The molecule has 0 saturated carbocycles. The maximum absolute atomic E-state index is 13.4. The summed E-state index contributed by atoms with van der Waals surface area (Å²) in [6, 6.07) is 11.9. The van der Waals surface area contributed by atoms with Gasteiger partial charge in [0.05, 0.1) is 12.8 Å². The summed E-state index contributed by atoms with van der Waals surface area (Å²) in [6.45, 7) is 0. The summed E-state index contributed by atoms with van der Waals surface area (Å²) >= 11 is 1.35. The van der Waals surface area contributed by atoms with Crippen molar-refractivity contribution in [1.82, 2.24) is 4.31 Å². The van der Waals surface area contributed by atoms with Crippen molar-refractivity contribution in [1.29, 1.82) is 0 Å². The average Bonchev–Trinajstić information content (AvgIpc) is 3.23. The van der Waals surface area contributed by atoms with Crippen molar-refractivity contribution in [2.75, 3.05) is 31.4 Å². The molecule has 1 atom stereocenters. The third-order valence-corrected chi connectivity index (χ3v) is 8.52. The molecule has 2 aromatic rings. The lowest BCUT2D eigenvalue weighted by Crippen LogP contribution is -2.49. The third-order valence-electron chi connectivity index (χ3n) is 5.21. The highest BCUT2D eigenvalue weighted by molar-refractivity contribution is 8.02. The van der Waals surface area contributed by atoms with E-state index in [2.05, 4.69) is 5.32 Å². The van der Waals surface area contributed by atoms with Crippen LogP contribution in [-0.4, -0.2) is 50.6 Å². The summed E-state index contributed by atoms with van der Waals surface area (Å²) in [4.78, 5) is 27.2. The summed E-state index contributed by atoms with van der Waals surface area (Å²) < 4.78 is 31.6. The number of sulfonamides is 1. The number of hydrogen-bond acceptors (Lipinski definition) is 6. The molecule has 4 rings (SSSR count). The van der Waals surface area contributed by atoms with Gasteiger partial charge in [-0.2, -0.15) is 0 Å². The first-order valence-electron chi connectivity index (χ1n) is 9.24. The van der Waals surface area contributed by atoms with Crippen LogP contribution in [0.3, 0.4) is 0 Å². The lowest BCUT2D eigenvalue weighted by Gasteiger charge is -2.29. The van der Waals surface area contributed by atoms with E-state index in [4.69, 9.17) is 4.74 Å². The molecule has 0 unspecified atom stereocenters. The molecule has 0 bridgehead atoms. The van der Waals surface area contributed by atoms with Crippen LogP contribution in [0.1, 0.15) is 12.8 Å². The predicted octanol–water partition coefficient (Wildman–Crippen LogP) is 2.51. The zero-order chi connectivity index (χ0) is 21.7. The molecule has 2 aliphatic heterocycles. The van der Waals surface area contributed by atoms with Crippen molar-refractivity contribution < 1.29 is 22.7 Å². The summed E-state index contributed by atoms with van der Waals surface area (Å²) in [5.41, 5.74) is 1.04. The van der Waals surface area contributed by atoms with E-state index in [-0.39, 0.29) is 28.9 Å². The number of benzene rings is 2. The molecule has 2 aromatic carbocycles. The van der Waals surface area contributed by atoms with Gasteiger partial charge in [-0.3, -0.25) is 14.5 Å². The molecular weight excluding hydrogens is 426 g/mol. The first-order chi connectivity index (χ1) is 14.2. The maximum atomic E-state index is 13.4. The Morgan fingerprint density at radius 1 is 1.23 bits per heavy atom. The number of fused-ring (bicyclic) bond motifs is 3. The number of thioether (sulfide) groups is 1. The molecule has 10 heteroatoms. The number of methoxy groups -OCH3 is 1. The van der Waals surface area contributed by atoms with E-state index in [9.17, 15) is 18.0 Å². The van der Waals surface area contributed by atoms with Gasteiger partial charge in [0.2, 0.25) is 15.9 Å². The molecule has 2 heterocycles. The molecule has 0 spiro atoms. The summed E-state index contributed by atoms with van der Waals surface area (Å²) in [5.74, 6) is -0.290. The van der Waals surface area contributed by atoms with E-state index >= 15 is 0 Å². The van der Waals surface area contributed by atoms with Crippen LogP contribution in [0.5, 0.6) is 5.75 Å². The number of rotatable bonds is 5. The molecule has 158 valence electrons. The minimum absolute atomic E-state index is 0.0491. The van der Waals surface area contributed by atoms with Crippen LogP contribution in [0.4, 0.5) is 11.4 Å². The number of hydrogen-bond donors (Lipinski definition) is 1. The minimum Gasteiger partial charge on any atom is -0.495 e. The zero-order valence-corrected chi connectivity index (χ0v) is 18.3. The predicted molar refractivity (Wildman–Crippen MR) is 114 cm³/mol. The molecule has 1 N–H and O–H groups in total. The molecule has 30 heavy (non-hydrogen) atoms. The van der Waals surface area contributed by atoms with Gasteiger partial charge in [-0.1, -0.05) is 23.9 Å². The van der Waals surface area contributed by atoms with Gasteiger partial charge in [0.25, 0.3) is 5.91 Å². The SMILES string of the molecule is COc1ccc(NC(=O)[C@@]23CCC(=O)N2c2ccccc2S3)cc1S(=O)(=O)N(C)C. The lowest BCUT2D eigenvalue weighted by atomic mass is 10.1. The van der Waals surface area contributed by atoms with Gasteiger partial charge in [0, 0.05) is 31.1 Å². The fourth-order valence-corrected chi connectivity index (χ4v) is 6.17. The highest BCUT2D eigenvalue weighted by Gasteiger charge is 2.57. The smallest absolute Gasteiger partial charge is 0.261 e. The fraction of sp³-hybridized carbons (Fsp3) is 0.300. The normalized spacial score (nSPS) is 20.3. The Labute approximate surface area is 179 Å². The molecule has 8 nitrogen and oxygen atoms in total. The molecule has 2 amide bonds. The van der Waals surface area contributed by atoms with Gasteiger partial charge in [-0.15, -0.1) is 0 Å². The van der Waals surface area contributed by atoms with E-state index in [1.807, 2.05) is 24.3 Å². The summed E-state index contributed by atoms with van der Waals surface area (Å²) in [7, 11) is 0.451. The Morgan fingerprint density at radius 3 is 2.67 bits per heavy atom. The van der Waals surface area contributed by atoms with E-state index in [1.54, 1.807) is 11.0 Å². The molecule has 0 aliphatic carbocycles. The molecule has 2 aliphatic rings. The largest absolute Gasteiger partial charge is 0.495 e. The average molecular weight is 448 g/mol. The zero-order valence-electron chi connectivity index (χ0n) is 16.7. The van der Waals surface area contributed by atoms with Crippen molar-refractivity contribution >= 4 is 45.0 Å². The first-order valence-corrected chi connectivity index (χ1v) is 11.5. The number of carbonyl (C=O) groups is 2. The fourth-order valence-electron chi connectivity index (χ4n) is 3.68. The van der Waals surface area contributed by atoms with Gasteiger partial charge < -0.3 is 10.1 Å². The van der Waals surface area contributed by atoms with Crippen LogP contribution in [0, 0.1) is 0 Å². The van der Waals surface area contributed by atoms with Crippen LogP contribution < -0.4 is 15.0 Å². The highest BCUT2D eigenvalue weighted by Crippen LogP contribution is 2.56. The summed E-state index contributed by atoms with van der Waals surface area (Å²) in [5, 5.41) is 2.81. The van der Waals surface area contributed by atoms with Gasteiger partial charge in [-0.05, 0) is 36.8 Å². The topological polar surface area (TPSA) is 96.0 Å². The van der Waals surface area contributed by atoms with Crippen molar-refractivity contribution in [2.45, 2.75) is 27.5 Å². The van der Waals surface area contributed by atoms with Gasteiger partial charge in [-0.25, -0.2) is 12.7 Å². The van der Waals surface area contributed by atoms with Crippen LogP contribution in [0.15, 0.2) is 52.3 Å². The highest BCUT2D eigenvalue weighted by atomic mass is 32.2. The van der Waals surface area contributed by atoms with Crippen LogP contribution in [0.25, 0.3) is 0 Å². The first kappa shape index (κ1) is 20.7. The second-order valence-corrected chi connectivity index (χ2v) is 10.6. The molecule has 0 aromatic heterocycles. The van der Waals surface area contributed by atoms with Gasteiger partial charge >= 0.3 is 0 Å². The molecule has 0 radical (unpaired) electrons. The number of para-hydroxylation sites is 1. The van der Waals surface area contributed by atoms with Crippen molar-refractivity contribution in [3.8, 4) is 5.75 Å². The Hall–Kier alpha value is -2.56. The number of anilines is 2. The van der Waals surface area contributed by atoms with E-state index < -0.39 is 14.9 Å². The van der Waals surface area contributed by atoms with Crippen molar-refractivity contribution in [3.63, 3.8) is 0 Å². The van der Waals surface area contributed by atoms with Crippen LogP contribution in [0.2, 0.25) is 0 Å². The van der Waals surface area contributed by atoms with E-state index in [0.717, 1.165) is 14.9 Å². The Kier molecular flexibility index (Phi) is 5.03. The maximum Gasteiger partial charge on any atom is 0.261 e. The second kappa shape index (κ2) is 7.29. The second-order valence-electron chi connectivity index (χ2n) is 7.19. The third kappa shape index (κ3) is 3.06. The number of carbonyl (C=O) groups excluding carboxylic acids is 2. The Bertz CT molecular complexity index is 1150. The monoisotopic (exact) mass is 447 g/mol. The van der Waals surface area contributed by atoms with Crippen LogP contribution in [-0.2, 0) is 19.6 Å². The standard InChI is InChI=1S/C20H21N3O5S2/c1-22(2)30(26,27)17-12-13(8-9-15(17)28-3)21-19(25)20-11-10-18(24)23(20)14-6-4-5-7-16(14)29-20/h4-9,12H,10-11H2,1-3H3,(H,21,25)/t20-/m0/s1. The van der Waals surface area contributed by atoms with Crippen molar-refractivity contribution in [2.24, 2.45) is 0 Å². The number of amides is 2. The van der Waals surface area contributed by atoms with Gasteiger partial charge in [0.1, 0.15) is 10.6 Å². The lowest BCUT2D eigenvalue weighted by molar-refractivity contribution is -0.121. The minimum atomic E-state index is -3.78. The number of nitrogens with one attached hydrogen (secondary N) is 1. The van der Waals surface area contributed by atoms with Crippen LogP contribution >= 0.6 is 11.8 Å².